The molecule has 0 saturated heterocycles. The molecule has 0 saturated carbocycles. The maximum atomic E-state index is 12.4. The lowest BCUT2D eigenvalue weighted by Crippen LogP contribution is -2.27. The van der Waals surface area contributed by atoms with E-state index in [-0.39, 0.29) is 0 Å². The van der Waals surface area contributed by atoms with Crippen LogP contribution in [0, 0.1) is 17.2 Å². The minimum atomic E-state index is -1.46. The van der Waals surface area contributed by atoms with Crippen molar-refractivity contribution >= 4 is 23.5 Å². The largest absolute Gasteiger partial charge is 0.497 e. The number of ketones is 1. The molecule has 0 aliphatic heterocycles. The molecule has 144 valence electrons. The minimum Gasteiger partial charge on any atom is -0.497 e. The number of nitrogens with one attached hydrogen (secondary N) is 1. The van der Waals surface area contributed by atoms with Crippen LogP contribution in [-0.2, 0) is 9.59 Å². The summed E-state index contributed by atoms with van der Waals surface area (Å²) >= 11 is 0. The molecule has 1 unspecified atom stereocenters. The van der Waals surface area contributed by atoms with Gasteiger partial charge in [0.15, 0.2) is 11.7 Å². The van der Waals surface area contributed by atoms with E-state index in [0.717, 1.165) is 5.69 Å². The van der Waals surface area contributed by atoms with Gasteiger partial charge >= 0.3 is 0 Å². The lowest BCUT2D eigenvalue weighted by molar-refractivity contribution is -0.126. The van der Waals surface area contributed by atoms with Crippen molar-refractivity contribution in [1.29, 1.82) is 5.26 Å². The Labute approximate surface area is 167 Å². The van der Waals surface area contributed by atoms with E-state index in [1.165, 1.54) is 19.3 Å². The number of hydrogen-bond donors (Lipinski definition) is 1. The molecule has 2 aromatic carbocycles. The van der Waals surface area contributed by atoms with E-state index in [0.29, 0.717) is 17.0 Å². The van der Waals surface area contributed by atoms with E-state index in [4.69, 9.17) is 4.74 Å². The zero-order valence-electron chi connectivity index (χ0n) is 15.6. The Balaban J connectivity index is 1.67. The Hall–Kier alpha value is -4.18. The summed E-state index contributed by atoms with van der Waals surface area (Å²) in [5, 5.41) is 16.1. The topological polar surface area (TPSA) is 97.0 Å². The Kier molecular flexibility index (Phi) is 6.18. The molecule has 0 bridgehead atoms. The van der Waals surface area contributed by atoms with Crippen molar-refractivity contribution in [3.63, 3.8) is 0 Å². The summed E-state index contributed by atoms with van der Waals surface area (Å²) in [5.74, 6) is -2.21. The van der Waals surface area contributed by atoms with Gasteiger partial charge in [-0.05, 0) is 36.4 Å². The van der Waals surface area contributed by atoms with Gasteiger partial charge in [0, 0.05) is 23.5 Å². The van der Waals surface area contributed by atoms with Crippen molar-refractivity contribution in [2.24, 2.45) is 5.92 Å². The first-order valence-electron chi connectivity index (χ1n) is 8.77. The second kappa shape index (κ2) is 9.15. The number of carbonyl (C=O) groups is 2. The average molecular weight is 386 g/mol. The molecular weight excluding hydrogens is 368 g/mol. The molecule has 1 aromatic heterocycles. The van der Waals surface area contributed by atoms with E-state index < -0.39 is 17.6 Å². The van der Waals surface area contributed by atoms with Crippen LogP contribution in [0.15, 0.2) is 73.1 Å². The van der Waals surface area contributed by atoms with E-state index in [1.54, 1.807) is 47.4 Å². The molecule has 0 fully saturated rings. The number of allylic oxidation sites excluding steroid dienone is 1. The van der Waals surface area contributed by atoms with Crippen molar-refractivity contribution in [2.45, 2.75) is 0 Å². The van der Waals surface area contributed by atoms with Gasteiger partial charge in [0.05, 0.1) is 25.1 Å². The molecule has 0 spiro atoms. The molecule has 1 amide bonds. The van der Waals surface area contributed by atoms with Crippen LogP contribution in [0.2, 0.25) is 0 Å². The number of aromatic nitrogens is 2. The minimum absolute atomic E-state index is 0.440. The lowest BCUT2D eigenvalue weighted by Gasteiger charge is -2.09. The number of ether oxygens (including phenoxy) is 1. The van der Waals surface area contributed by atoms with Crippen LogP contribution in [-0.4, -0.2) is 28.6 Å². The van der Waals surface area contributed by atoms with Gasteiger partial charge in [0.1, 0.15) is 5.75 Å². The van der Waals surface area contributed by atoms with Gasteiger partial charge < -0.3 is 10.1 Å². The van der Waals surface area contributed by atoms with Gasteiger partial charge in [-0.15, -0.1) is 0 Å². The van der Waals surface area contributed by atoms with Gasteiger partial charge in [0.25, 0.3) is 0 Å². The van der Waals surface area contributed by atoms with Crippen molar-refractivity contribution in [2.75, 3.05) is 12.4 Å². The number of para-hydroxylation sites is 1. The van der Waals surface area contributed by atoms with Crippen LogP contribution in [0.5, 0.6) is 5.75 Å². The van der Waals surface area contributed by atoms with Crippen molar-refractivity contribution < 1.29 is 14.3 Å². The van der Waals surface area contributed by atoms with Crippen molar-refractivity contribution in [1.82, 2.24) is 9.78 Å². The molecule has 0 radical (unpaired) electrons. The number of methoxy groups -OCH3 is 1. The summed E-state index contributed by atoms with van der Waals surface area (Å²) in [6.07, 6.45) is 6.08. The van der Waals surface area contributed by atoms with Crippen LogP contribution in [0.1, 0.15) is 5.56 Å². The molecule has 1 atom stereocenters. The van der Waals surface area contributed by atoms with Crippen LogP contribution in [0.25, 0.3) is 11.8 Å². The number of nitriles is 1. The Morgan fingerprint density at radius 1 is 1.21 bits per heavy atom. The molecule has 3 aromatic rings. The Morgan fingerprint density at radius 3 is 2.72 bits per heavy atom. The van der Waals surface area contributed by atoms with E-state index in [1.807, 2.05) is 30.3 Å². The monoisotopic (exact) mass is 386 g/mol. The summed E-state index contributed by atoms with van der Waals surface area (Å²) in [6, 6.07) is 17.9. The number of anilines is 1. The fourth-order valence-electron chi connectivity index (χ4n) is 2.59. The van der Waals surface area contributed by atoms with Crippen LogP contribution >= 0.6 is 0 Å². The van der Waals surface area contributed by atoms with E-state index in [9.17, 15) is 14.9 Å². The summed E-state index contributed by atoms with van der Waals surface area (Å²) in [5.41, 5.74) is 1.99. The fraction of sp³-hybridized carbons (Fsp3) is 0.0909. The highest BCUT2D eigenvalue weighted by Gasteiger charge is 2.24. The van der Waals surface area contributed by atoms with Crippen molar-refractivity contribution in [3.8, 4) is 17.5 Å². The zero-order valence-corrected chi connectivity index (χ0v) is 15.6. The maximum Gasteiger partial charge on any atom is 0.249 e. The first kappa shape index (κ1) is 19.6. The van der Waals surface area contributed by atoms with Gasteiger partial charge in [-0.1, -0.05) is 24.3 Å². The third kappa shape index (κ3) is 4.96. The quantitative estimate of drug-likeness (QED) is 0.497. The van der Waals surface area contributed by atoms with Gasteiger partial charge in [0.2, 0.25) is 5.91 Å². The van der Waals surface area contributed by atoms with Crippen LogP contribution in [0.3, 0.4) is 0 Å². The van der Waals surface area contributed by atoms with Gasteiger partial charge in [-0.2, -0.15) is 10.4 Å². The van der Waals surface area contributed by atoms with E-state index >= 15 is 0 Å². The number of rotatable bonds is 7. The zero-order chi connectivity index (χ0) is 20.6. The number of hydrogen-bond acceptors (Lipinski definition) is 5. The van der Waals surface area contributed by atoms with Gasteiger partial charge in [-0.25, -0.2) is 4.68 Å². The molecule has 7 heteroatoms. The number of benzene rings is 2. The first-order valence-corrected chi connectivity index (χ1v) is 8.77. The number of carbonyl (C=O) groups excluding carboxylic acids is 2. The summed E-state index contributed by atoms with van der Waals surface area (Å²) in [4.78, 5) is 24.7. The Bertz CT molecular complexity index is 1080. The van der Waals surface area contributed by atoms with Crippen LogP contribution < -0.4 is 10.1 Å². The highest BCUT2D eigenvalue weighted by atomic mass is 16.5. The van der Waals surface area contributed by atoms with Crippen LogP contribution in [0.4, 0.5) is 5.69 Å². The molecule has 0 aliphatic carbocycles. The van der Waals surface area contributed by atoms with Gasteiger partial charge in [-0.3, -0.25) is 9.59 Å². The summed E-state index contributed by atoms with van der Waals surface area (Å²) in [7, 11) is 1.51. The second-order valence-electron chi connectivity index (χ2n) is 6.07. The smallest absolute Gasteiger partial charge is 0.249 e. The molecule has 29 heavy (non-hydrogen) atoms. The molecular formula is C22H18N4O3. The number of amides is 1. The predicted octanol–water partition coefficient (Wildman–Crippen LogP) is 3.24. The maximum absolute atomic E-state index is 12.4. The summed E-state index contributed by atoms with van der Waals surface area (Å²) in [6.45, 7) is 0. The first-order chi connectivity index (χ1) is 14.1. The predicted molar refractivity (Wildman–Crippen MR) is 108 cm³/mol. The lowest BCUT2D eigenvalue weighted by atomic mass is 10.0. The second-order valence-corrected chi connectivity index (χ2v) is 6.07. The highest BCUT2D eigenvalue weighted by molar-refractivity contribution is 6.14. The summed E-state index contributed by atoms with van der Waals surface area (Å²) < 4.78 is 6.76. The normalized spacial score (nSPS) is 11.6. The SMILES string of the molecule is COc1cccc(NC(=O)C(C#N)C(=O)/C=C/c2cnn(-c3ccccc3)c2)c1. The average Bonchev–Trinajstić information content (AvgIpc) is 3.22. The third-order valence-corrected chi connectivity index (χ3v) is 4.08. The number of nitrogens with zero attached hydrogens (tertiary/aromatic N) is 3. The van der Waals surface area contributed by atoms with E-state index in [2.05, 4.69) is 10.4 Å². The molecule has 1 N–H and O–H groups in total. The molecule has 1 heterocycles. The highest BCUT2D eigenvalue weighted by Crippen LogP contribution is 2.18. The Morgan fingerprint density at radius 2 is 2.00 bits per heavy atom. The molecule has 7 nitrogen and oxygen atoms in total. The third-order valence-electron chi connectivity index (χ3n) is 4.08. The molecule has 3 rings (SSSR count). The fourth-order valence-corrected chi connectivity index (χ4v) is 2.59. The standard InChI is InChI=1S/C22H18N4O3/c1-29-19-9-5-6-17(12-19)25-22(28)20(13-23)21(27)11-10-16-14-24-26(15-16)18-7-3-2-4-8-18/h2-12,14-15,20H,1H3,(H,25,28)/b11-10+. The van der Waals surface area contributed by atoms with Crippen molar-refractivity contribution in [3.05, 3.63) is 78.6 Å². The molecule has 0 aliphatic rings.